The summed E-state index contributed by atoms with van der Waals surface area (Å²) >= 11 is 5.52. The maximum Gasteiger partial charge on any atom is 0.410 e. The van der Waals surface area contributed by atoms with Gasteiger partial charge in [0.2, 0.25) is 0 Å². The largest absolute Gasteiger partial charge is 0.444 e. The van der Waals surface area contributed by atoms with Gasteiger partial charge in [0, 0.05) is 32.6 Å². The molecule has 0 saturated carbocycles. The molecule has 1 N–H and O–H groups in total. The predicted molar refractivity (Wildman–Crippen MR) is 73.1 cm³/mol. The lowest BCUT2D eigenvalue weighted by Crippen LogP contribution is -2.40. The van der Waals surface area contributed by atoms with Crippen molar-refractivity contribution in [2.75, 3.05) is 39.6 Å². The Hall–Kier alpha value is -0.520. The number of hydrogen-bond acceptors (Lipinski definition) is 4. The minimum absolute atomic E-state index is 0.215. The molecule has 0 rings (SSSR count). The zero-order valence-corrected chi connectivity index (χ0v) is 12.7. The van der Waals surface area contributed by atoms with E-state index in [2.05, 4.69) is 0 Å². The molecule has 0 aromatic heterocycles. The van der Waals surface area contributed by atoms with Crippen molar-refractivity contribution in [3.8, 4) is 0 Å². The Bertz CT molecular complexity index is 256. The summed E-state index contributed by atoms with van der Waals surface area (Å²) < 4.78 is 5.23. The Morgan fingerprint density at radius 1 is 1.33 bits per heavy atom. The highest BCUT2D eigenvalue weighted by Gasteiger charge is 2.19. The molecule has 6 heteroatoms. The normalized spacial score (nSPS) is 13.6. The summed E-state index contributed by atoms with van der Waals surface area (Å²) in [6.07, 6.45) is -0.878. The van der Waals surface area contributed by atoms with E-state index in [4.69, 9.17) is 16.3 Å². The molecule has 0 aliphatic carbocycles. The van der Waals surface area contributed by atoms with E-state index in [9.17, 15) is 9.90 Å². The third kappa shape index (κ3) is 8.55. The quantitative estimate of drug-likeness (QED) is 0.747. The summed E-state index contributed by atoms with van der Waals surface area (Å²) in [5.41, 5.74) is -0.480. The molecular weight excluding hydrogens is 256 g/mol. The number of amides is 1. The van der Waals surface area contributed by atoms with Crippen molar-refractivity contribution in [3.63, 3.8) is 0 Å². The Morgan fingerprint density at radius 3 is 2.33 bits per heavy atom. The highest BCUT2D eigenvalue weighted by atomic mass is 35.5. The smallest absolute Gasteiger partial charge is 0.410 e. The summed E-state index contributed by atoms with van der Waals surface area (Å²) in [5.74, 6) is 0.215. The molecule has 1 unspecified atom stereocenters. The zero-order valence-electron chi connectivity index (χ0n) is 11.9. The van der Waals surface area contributed by atoms with Gasteiger partial charge in [-0.2, -0.15) is 0 Å². The second-order valence-electron chi connectivity index (χ2n) is 5.47. The van der Waals surface area contributed by atoms with Crippen LogP contribution >= 0.6 is 11.6 Å². The van der Waals surface area contributed by atoms with Crippen LogP contribution in [0, 0.1) is 0 Å². The van der Waals surface area contributed by atoms with E-state index in [0.29, 0.717) is 19.6 Å². The number of aliphatic hydroxyl groups excluding tert-OH is 1. The van der Waals surface area contributed by atoms with Crippen molar-refractivity contribution < 1.29 is 14.6 Å². The lowest BCUT2D eigenvalue weighted by Gasteiger charge is -2.26. The van der Waals surface area contributed by atoms with Crippen LogP contribution in [-0.4, -0.2) is 72.3 Å². The second-order valence-corrected chi connectivity index (χ2v) is 5.78. The Kier molecular flexibility index (Phi) is 7.59. The minimum Gasteiger partial charge on any atom is -0.444 e. The fourth-order valence-electron chi connectivity index (χ4n) is 1.25. The highest BCUT2D eigenvalue weighted by Crippen LogP contribution is 2.08. The summed E-state index contributed by atoms with van der Waals surface area (Å²) in [6, 6.07) is 0. The molecule has 0 saturated heterocycles. The van der Waals surface area contributed by atoms with E-state index >= 15 is 0 Å². The first-order valence-electron chi connectivity index (χ1n) is 6.02. The van der Waals surface area contributed by atoms with Gasteiger partial charge in [0.05, 0.1) is 6.10 Å². The molecular formula is C12H25ClN2O3. The molecule has 5 nitrogen and oxygen atoms in total. The number of carbonyl (C=O) groups is 1. The van der Waals surface area contributed by atoms with Gasteiger partial charge in [0.25, 0.3) is 0 Å². The number of rotatable bonds is 6. The van der Waals surface area contributed by atoms with Gasteiger partial charge < -0.3 is 19.6 Å². The molecule has 0 fully saturated rings. The summed E-state index contributed by atoms with van der Waals surface area (Å²) in [6.45, 7) is 7.20. The van der Waals surface area contributed by atoms with Crippen LogP contribution in [0.2, 0.25) is 0 Å². The molecule has 1 amide bonds. The third-order valence-electron chi connectivity index (χ3n) is 2.22. The van der Waals surface area contributed by atoms with Crippen molar-refractivity contribution in [3.05, 3.63) is 0 Å². The van der Waals surface area contributed by atoms with E-state index in [1.807, 2.05) is 32.7 Å². The number of carbonyl (C=O) groups excluding carboxylic acids is 1. The molecule has 0 radical (unpaired) electrons. The number of alkyl halides is 1. The molecule has 108 valence electrons. The Balaban J connectivity index is 3.95. The van der Waals surface area contributed by atoms with Crippen LogP contribution in [0.1, 0.15) is 20.8 Å². The monoisotopic (exact) mass is 280 g/mol. The Morgan fingerprint density at radius 2 is 1.89 bits per heavy atom. The van der Waals surface area contributed by atoms with Crippen molar-refractivity contribution in [1.29, 1.82) is 0 Å². The molecule has 0 heterocycles. The summed E-state index contributed by atoms with van der Waals surface area (Å²) in [4.78, 5) is 15.1. The number of nitrogens with zero attached hydrogens (tertiary/aromatic N) is 2. The van der Waals surface area contributed by atoms with E-state index in [1.54, 1.807) is 7.05 Å². The first-order valence-corrected chi connectivity index (χ1v) is 6.56. The van der Waals surface area contributed by atoms with Gasteiger partial charge in [0.15, 0.2) is 0 Å². The van der Waals surface area contributed by atoms with Crippen molar-refractivity contribution in [2.24, 2.45) is 0 Å². The van der Waals surface area contributed by atoms with Crippen LogP contribution < -0.4 is 0 Å². The molecule has 0 aliphatic heterocycles. The topological polar surface area (TPSA) is 53.0 Å². The molecule has 1 atom stereocenters. The molecule has 0 bridgehead atoms. The first kappa shape index (κ1) is 17.5. The Labute approximate surface area is 115 Å². The zero-order chi connectivity index (χ0) is 14.3. The second kappa shape index (κ2) is 7.81. The number of halogens is 1. The molecule has 0 spiro atoms. The van der Waals surface area contributed by atoms with Crippen LogP contribution in [0.4, 0.5) is 4.79 Å². The fraction of sp³-hybridized carbons (Fsp3) is 0.917. The van der Waals surface area contributed by atoms with E-state index in [-0.39, 0.29) is 12.0 Å². The van der Waals surface area contributed by atoms with E-state index in [0.717, 1.165) is 0 Å². The van der Waals surface area contributed by atoms with Crippen LogP contribution in [0.15, 0.2) is 0 Å². The molecule has 0 aromatic carbocycles. The van der Waals surface area contributed by atoms with Crippen molar-refractivity contribution in [1.82, 2.24) is 9.80 Å². The lowest BCUT2D eigenvalue weighted by molar-refractivity contribution is 0.0282. The van der Waals surface area contributed by atoms with E-state index in [1.165, 1.54) is 4.90 Å². The molecule has 18 heavy (non-hydrogen) atoms. The van der Waals surface area contributed by atoms with Gasteiger partial charge in [-0.3, -0.25) is 0 Å². The minimum atomic E-state index is -0.538. The number of aliphatic hydroxyl groups is 1. The van der Waals surface area contributed by atoms with Crippen molar-refractivity contribution in [2.45, 2.75) is 32.5 Å². The molecule has 0 aliphatic rings. The number of ether oxygens (including phenoxy) is 1. The standard InChI is InChI=1S/C12H25ClN2O3/c1-12(2,3)18-11(17)15(5)7-6-14(4)9-10(16)8-13/h10,16H,6-9H2,1-5H3. The maximum absolute atomic E-state index is 11.7. The van der Waals surface area contributed by atoms with Gasteiger partial charge in [-0.1, -0.05) is 0 Å². The SMILES string of the molecule is CN(CCN(C)C(=O)OC(C)(C)C)CC(O)CCl. The average molecular weight is 281 g/mol. The highest BCUT2D eigenvalue weighted by molar-refractivity contribution is 6.18. The summed E-state index contributed by atoms with van der Waals surface area (Å²) in [7, 11) is 3.57. The van der Waals surface area contributed by atoms with Gasteiger partial charge in [-0.25, -0.2) is 4.79 Å². The van der Waals surface area contributed by atoms with Gasteiger partial charge in [-0.15, -0.1) is 11.6 Å². The van der Waals surface area contributed by atoms with Crippen LogP contribution in [0.25, 0.3) is 0 Å². The van der Waals surface area contributed by atoms with Gasteiger partial charge in [-0.05, 0) is 27.8 Å². The lowest BCUT2D eigenvalue weighted by atomic mass is 10.2. The van der Waals surface area contributed by atoms with Crippen LogP contribution in [0.5, 0.6) is 0 Å². The summed E-state index contributed by atoms with van der Waals surface area (Å²) in [5, 5.41) is 9.38. The van der Waals surface area contributed by atoms with Crippen molar-refractivity contribution >= 4 is 17.7 Å². The first-order chi connectivity index (χ1) is 8.15. The average Bonchev–Trinajstić information content (AvgIpc) is 2.23. The predicted octanol–water partition coefficient (Wildman–Crippen LogP) is 1.38. The van der Waals surface area contributed by atoms with Crippen LogP contribution in [-0.2, 0) is 4.74 Å². The van der Waals surface area contributed by atoms with Gasteiger partial charge in [0.1, 0.15) is 5.60 Å². The van der Waals surface area contributed by atoms with E-state index < -0.39 is 11.7 Å². The molecule has 0 aromatic rings. The number of likely N-dealkylation sites (N-methyl/N-ethyl adjacent to an activating group) is 2. The number of hydrogen-bond donors (Lipinski definition) is 1. The van der Waals surface area contributed by atoms with Crippen LogP contribution in [0.3, 0.4) is 0 Å². The maximum atomic E-state index is 11.7. The fourth-order valence-corrected chi connectivity index (χ4v) is 1.35. The van der Waals surface area contributed by atoms with Gasteiger partial charge >= 0.3 is 6.09 Å². The third-order valence-corrected chi connectivity index (χ3v) is 2.58.